The lowest BCUT2D eigenvalue weighted by molar-refractivity contribution is 0.0698. The summed E-state index contributed by atoms with van der Waals surface area (Å²) in [5, 5.41) is 4.40. The molecule has 0 bridgehead atoms. The Morgan fingerprint density at radius 1 is 1.14 bits per heavy atom. The number of carbonyl (C=O) groups excluding carboxylic acids is 1. The van der Waals surface area contributed by atoms with Crippen molar-refractivity contribution in [2.75, 3.05) is 13.1 Å². The van der Waals surface area contributed by atoms with E-state index in [0.717, 1.165) is 24.6 Å². The van der Waals surface area contributed by atoms with E-state index in [2.05, 4.69) is 5.10 Å². The molecule has 2 heterocycles. The van der Waals surface area contributed by atoms with Crippen LogP contribution in [0, 0.1) is 11.6 Å². The molecule has 1 aliphatic heterocycles. The molecule has 4 rings (SSSR count). The third-order valence-corrected chi connectivity index (χ3v) is 5.20. The number of hydrogen-bond donors (Lipinski definition) is 0. The Morgan fingerprint density at radius 3 is 2.66 bits per heavy atom. The molecule has 3 aromatic rings. The summed E-state index contributed by atoms with van der Waals surface area (Å²) < 4.78 is 30.4. The van der Waals surface area contributed by atoms with Crippen LogP contribution in [0.15, 0.2) is 53.3 Å². The number of nitrogens with zero attached hydrogens (tertiary/aromatic N) is 4. The molecule has 1 aromatic heterocycles. The lowest BCUT2D eigenvalue weighted by Crippen LogP contribution is -2.40. The molecule has 1 amide bonds. The molecule has 2 aromatic carbocycles. The van der Waals surface area contributed by atoms with Gasteiger partial charge in [0, 0.05) is 26.1 Å². The monoisotopic (exact) mass is 398 g/mol. The number of para-hydroxylation sites is 1. The van der Waals surface area contributed by atoms with Crippen LogP contribution in [0.5, 0.6) is 0 Å². The van der Waals surface area contributed by atoms with E-state index in [1.165, 1.54) is 9.58 Å². The number of amides is 1. The van der Waals surface area contributed by atoms with Gasteiger partial charge in [-0.15, -0.1) is 0 Å². The fourth-order valence-electron chi connectivity index (χ4n) is 3.77. The second-order valence-electron chi connectivity index (χ2n) is 7.15. The first-order valence-corrected chi connectivity index (χ1v) is 9.41. The zero-order valence-electron chi connectivity index (χ0n) is 15.9. The minimum Gasteiger partial charge on any atom is -0.338 e. The second kappa shape index (κ2) is 7.62. The number of aryl methyl sites for hydroxylation is 1. The normalized spacial score (nSPS) is 16.8. The summed E-state index contributed by atoms with van der Waals surface area (Å²) in [5.74, 6) is -1.61. The van der Waals surface area contributed by atoms with Gasteiger partial charge in [0.2, 0.25) is 0 Å². The first-order valence-electron chi connectivity index (χ1n) is 9.41. The number of carbonyl (C=O) groups is 1. The summed E-state index contributed by atoms with van der Waals surface area (Å²) in [7, 11) is 1.58. The first-order chi connectivity index (χ1) is 14.0. The fraction of sp³-hybridized carbons (Fsp3) is 0.286. The van der Waals surface area contributed by atoms with Crippen LogP contribution in [0.2, 0.25) is 0 Å². The van der Waals surface area contributed by atoms with Gasteiger partial charge < -0.3 is 4.90 Å². The Bertz CT molecular complexity index is 1110. The highest BCUT2D eigenvalue weighted by Gasteiger charge is 2.31. The third-order valence-electron chi connectivity index (χ3n) is 5.20. The van der Waals surface area contributed by atoms with Crippen LogP contribution in [-0.4, -0.2) is 38.2 Å². The fourth-order valence-corrected chi connectivity index (χ4v) is 3.77. The van der Waals surface area contributed by atoms with Crippen molar-refractivity contribution in [3.05, 3.63) is 82.0 Å². The van der Waals surface area contributed by atoms with Gasteiger partial charge in [-0.3, -0.25) is 4.79 Å². The number of hydrogen-bond acceptors (Lipinski definition) is 3. The number of likely N-dealkylation sites (tertiary alicyclic amines) is 1. The number of rotatable bonds is 3. The first kappa shape index (κ1) is 19.0. The SMILES string of the molecule is Cn1nc(C2CCCN(C(=O)c3cc(F)ccc3F)C2)n(-c2ccccc2)c1=O. The summed E-state index contributed by atoms with van der Waals surface area (Å²) in [6.45, 7) is 0.714. The van der Waals surface area contributed by atoms with Crippen LogP contribution in [0.4, 0.5) is 8.78 Å². The number of halogens is 2. The maximum absolute atomic E-state index is 14.1. The molecule has 1 aliphatic rings. The average Bonchev–Trinajstić information content (AvgIpc) is 3.04. The highest BCUT2D eigenvalue weighted by atomic mass is 19.1. The summed E-state index contributed by atoms with van der Waals surface area (Å²) in [6, 6.07) is 12.0. The molecule has 1 fully saturated rings. The van der Waals surface area contributed by atoms with Crippen molar-refractivity contribution < 1.29 is 13.6 Å². The van der Waals surface area contributed by atoms with Gasteiger partial charge in [-0.2, -0.15) is 5.10 Å². The predicted octanol–water partition coefficient (Wildman–Crippen LogP) is 2.87. The van der Waals surface area contributed by atoms with Crippen LogP contribution >= 0.6 is 0 Å². The molecule has 8 heteroatoms. The van der Waals surface area contributed by atoms with Crippen molar-refractivity contribution in [2.45, 2.75) is 18.8 Å². The molecule has 0 aliphatic carbocycles. The standard InChI is InChI=1S/C21H20F2N4O2/c1-25-21(29)27(16-7-3-2-4-8-16)19(24-25)14-6-5-11-26(13-14)20(28)17-12-15(22)9-10-18(17)23/h2-4,7-10,12,14H,5-6,11,13H2,1H3. The van der Waals surface area contributed by atoms with Gasteiger partial charge in [0.05, 0.1) is 11.3 Å². The van der Waals surface area contributed by atoms with Crippen molar-refractivity contribution in [1.29, 1.82) is 0 Å². The van der Waals surface area contributed by atoms with E-state index < -0.39 is 17.5 Å². The summed E-state index contributed by atoms with van der Waals surface area (Å²) >= 11 is 0. The average molecular weight is 398 g/mol. The molecular formula is C21H20F2N4O2. The van der Waals surface area contributed by atoms with Crippen molar-refractivity contribution >= 4 is 5.91 Å². The van der Waals surface area contributed by atoms with Crippen LogP contribution in [0.1, 0.15) is 34.9 Å². The lowest BCUT2D eigenvalue weighted by atomic mass is 9.96. The topological polar surface area (TPSA) is 60.1 Å². The lowest BCUT2D eigenvalue weighted by Gasteiger charge is -2.32. The number of aromatic nitrogens is 3. The van der Waals surface area contributed by atoms with E-state index in [1.54, 1.807) is 11.6 Å². The van der Waals surface area contributed by atoms with Crippen molar-refractivity contribution in [3.8, 4) is 5.69 Å². The zero-order valence-corrected chi connectivity index (χ0v) is 15.9. The Hall–Kier alpha value is -3.29. The van der Waals surface area contributed by atoms with Gasteiger partial charge >= 0.3 is 5.69 Å². The molecule has 0 spiro atoms. The van der Waals surface area contributed by atoms with Crippen molar-refractivity contribution in [1.82, 2.24) is 19.2 Å². The molecule has 1 saturated heterocycles. The van der Waals surface area contributed by atoms with Crippen molar-refractivity contribution in [3.63, 3.8) is 0 Å². The molecule has 0 N–H and O–H groups in total. The zero-order chi connectivity index (χ0) is 20.5. The van der Waals surface area contributed by atoms with E-state index in [0.29, 0.717) is 24.5 Å². The highest BCUT2D eigenvalue weighted by Crippen LogP contribution is 2.28. The van der Waals surface area contributed by atoms with Crippen molar-refractivity contribution in [2.24, 2.45) is 7.05 Å². The van der Waals surface area contributed by atoms with E-state index in [-0.39, 0.29) is 23.7 Å². The van der Waals surface area contributed by atoms with Crippen LogP contribution in [0.25, 0.3) is 5.69 Å². The minimum atomic E-state index is -0.752. The van der Waals surface area contributed by atoms with E-state index in [4.69, 9.17) is 0 Å². The molecule has 1 unspecified atom stereocenters. The van der Waals surface area contributed by atoms with Gasteiger partial charge in [-0.25, -0.2) is 22.8 Å². The van der Waals surface area contributed by atoms with E-state index >= 15 is 0 Å². The quantitative estimate of drug-likeness (QED) is 0.682. The van der Waals surface area contributed by atoms with Gasteiger partial charge in [-0.05, 0) is 43.2 Å². The van der Waals surface area contributed by atoms with Crippen LogP contribution in [-0.2, 0) is 7.05 Å². The Kier molecular flexibility index (Phi) is 5.00. The number of benzene rings is 2. The highest BCUT2D eigenvalue weighted by molar-refractivity contribution is 5.94. The van der Waals surface area contributed by atoms with Gasteiger partial charge in [0.25, 0.3) is 5.91 Å². The minimum absolute atomic E-state index is 0.196. The summed E-state index contributed by atoms with van der Waals surface area (Å²) in [4.78, 5) is 26.9. The Balaban J connectivity index is 1.66. The molecule has 0 saturated carbocycles. The molecule has 6 nitrogen and oxygen atoms in total. The van der Waals surface area contributed by atoms with E-state index in [9.17, 15) is 18.4 Å². The molecule has 0 radical (unpaired) electrons. The van der Waals surface area contributed by atoms with Crippen LogP contribution < -0.4 is 5.69 Å². The second-order valence-corrected chi connectivity index (χ2v) is 7.15. The summed E-state index contributed by atoms with van der Waals surface area (Å²) in [6.07, 6.45) is 1.41. The third kappa shape index (κ3) is 3.57. The smallest absolute Gasteiger partial charge is 0.338 e. The summed E-state index contributed by atoms with van der Waals surface area (Å²) in [5.41, 5.74) is 0.137. The van der Waals surface area contributed by atoms with E-state index in [1.807, 2.05) is 30.3 Å². The van der Waals surface area contributed by atoms with Crippen LogP contribution in [0.3, 0.4) is 0 Å². The number of piperidine rings is 1. The predicted molar refractivity (Wildman–Crippen MR) is 103 cm³/mol. The molecule has 29 heavy (non-hydrogen) atoms. The van der Waals surface area contributed by atoms with Gasteiger partial charge in [-0.1, -0.05) is 18.2 Å². The molecule has 1 atom stereocenters. The van der Waals surface area contributed by atoms with Gasteiger partial charge in [0.15, 0.2) is 0 Å². The Labute approximate surface area is 166 Å². The maximum Gasteiger partial charge on any atom is 0.350 e. The van der Waals surface area contributed by atoms with Gasteiger partial charge in [0.1, 0.15) is 17.5 Å². The molecule has 150 valence electrons. The molecular weight excluding hydrogens is 378 g/mol. The largest absolute Gasteiger partial charge is 0.350 e. The Morgan fingerprint density at radius 2 is 1.90 bits per heavy atom. The maximum atomic E-state index is 14.1.